The molecular weight excluding hydrogens is 252 g/mol. The van der Waals surface area contributed by atoms with E-state index in [-0.39, 0.29) is 18.0 Å². The minimum atomic E-state index is -0.0865. The van der Waals surface area contributed by atoms with Crippen LogP contribution in [-0.2, 0) is 9.53 Å². The van der Waals surface area contributed by atoms with Crippen molar-refractivity contribution in [2.45, 2.75) is 38.8 Å². The van der Waals surface area contributed by atoms with Gasteiger partial charge in [0.25, 0.3) is 0 Å². The van der Waals surface area contributed by atoms with Gasteiger partial charge in [-0.2, -0.15) is 0 Å². The van der Waals surface area contributed by atoms with Crippen LogP contribution < -0.4 is 5.73 Å². The van der Waals surface area contributed by atoms with E-state index in [4.69, 9.17) is 10.5 Å². The van der Waals surface area contributed by atoms with Crippen LogP contribution in [0.5, 0.6) is 0 Å². The number of carbonyl (C=O) groups excluding carboxylic acids is 1. The Bertz CT molecular complexity index is 393. The van der Waals surface area contributed by atoms with Crippen LogP contribution in [0.1, 0.15) is 38.3 Å². The first-order chi connectivity index (χ1) is 9.56. The van der Waals surface area contributed by atoms with Crippen LogP contribution in [0.4, 0.5) is 0 Å². The first-order valence-corrected chi connectivity index (χ1v) is 7.15. The third-order valence-corrected chi connectivity index (χ3v) is 3.38. The van der Waals surface area contributed by atoms with Crippen LogP contribution in [0.25, 0.3) is 0 Å². The third-order valence-electron chi connectivity index (χ3n) is 3.38. The molecule has 1 aromatic rings. The lowest BCUT2D eigenvalue weighted by Gasteiger charge is -2.27. The fourth-order valence-electron chi connectivity index (χ4n) is 2.15. The molecule has 1 amide bonds. The zero-order valence-corrected chi connectivity index (χ0v) is 12.7. The molecule has 0 saturated heterocycles. The van der Waals surface area contributed by atoms with E-state index < -0.39 is 0 Å². The maximum absolute atomic E-state index is 12.2. The Kier molecular flexibility index (Phi) is 7.26. The summed E-state index contributed by atoms with van der Waals surface area (Å²) >= 11 is 0. The molecule has 0 saturated carbocycles. The van der Waals surface area contributed by atoms with Crippen LogP contribution in [0.15, 0.2) is 30.3 Å². The molecule has 2 N–H and O–H groups in total. The lowest BCUT2D eigenvalue weighted by atomic mass is 10.0. The number of ether oxygens (including phenoxy) is 1. The number of carbonyl (C=O) groups is 1. The van der Waals surface area contributed by atoms with Crippen LogP contribution >= 0.6 is 0 Å². The second kappa shape index (κ2) is 8.72. The van der Waals surface area contributed by atoms with Crippen molar-refractivity contribution in [1.29, 1.82) is 0 Å². The second-order valence-electron chi connectivity index (χ2n) is 5.23. The third kappa shape index (κ3) is 5.31. The zero-order chi connectivity index (χ0) is 15.0. The highest BCUT2D eigenvalue weighted by Crippen LogP contribution is 2.16. The quantitative estimate of drug-likeness (QED) is 0.794. The molecule has 0 spiro atoms. The van der Waals surface area contributed by atoms with Crippen molar-refractivity contribution >= 4 is 5.91 Å². The Morgan fingerprint density at radius 3 is 2.50 bits per heavy atom. The molecule has 0 heterocycles. The van der Waals surface area contributed by atoms with Gasteiger partial charge in [-0.15, -0.1) is 0 Å². The summed E-state index contributed by atoms with van der Waals surface area (Å²) in [6, 6.07) is 10.0. The topological polar surface area (TPSA) is 55.6 Å². The highest BCUT2D eigenvalue weighted by atomic mass is 16.5. The van der Waals surface area contributed by atoms with Crippen molar-refractivity contribution in [2.75, 3.05) is 20.3 Å². The Labute approximate surface area is 121 Å². The summed E-state index contributed by atoms with van der Waals surface area (Å²) in [5.41, 5.74) is 7.20. The van der Waals surface area contributed by atoms with Crippen molar-refractivity contribution in [3.63, 3.8) is 0 Å². The molecule has 0 fully saturated rings. The van der Waals surface area contributed by atoms with E-state index in [9.17, 15) is 4.79 Å². The second-order valence-corrected chi connectivity index (χ2v) is 5.23. The Balaban J connectivity index is 2.48. The molecule has 20 heavy (non-hydrogen) atoms. The van der Waals surface area contributed by atoms with Gasteiger partial charge in [0.2, 0.25) is 5.91 Å². The molecule has 4 heteroatoms. The molecule has 0 radical (unpaired) electrons. The van der Waals surface area contributed by atoms with E-state index in [2.05, 4.69) is 0 Å². The summed E-state index contributed by atoms with van der Waals surface area (Å²) in [4.78, 5) is 14.1. The van der Waals surface area contributed by atoms with E-state index in [1.807, 2.05) is 49.1 Å². The van der Waals surface area contributed by atoms with E-state index in [1.165, 1.54) is 0 Å². The summed E-state index contributed by atoms with van der Waals surface area (Å²) in [5.74, 6) is 0.142. The van der Waals surface area contributed by atoms with Crippen LogP contribution in [0, 0.1) is 0 Å². The zero-order valence-electron chi connectivity index (χ0n) is 12.7. The largest absolute Gasteiger partial charge is 0.383 e. The monoisotopic (exact) mass is 278 g/mol. The first kappa shape index (κ1) is 16.7. The number of hydrogen-bond acceptors (Lipinski definition) is 3. The molecule has 1 atom stereocenters. The van der Waals surface area contributed by atoms with E-state index >= 15 is 0 Å². The molecule has 1 unspecified atom stereocenters. The van der Waals surface area contributed by atoms with Crippen molar-refractivity contribution < 1.29 is 9.53 Å². The highest BCUT2D eigenvalue weighted by Gasteiger charge is 2.17. The summed E-state index contributed by atoms with van der Waals surface area (Å²) in [6.45, 7) is 5.23. The Hall–Kier alpha value is -1.39. The standard InChI is InChI=1S/C16H26N2O2/c1-13(2)18(11-12-20-3)16(19)10-9-15(17)14-7-5-4-6-8-14/h4-8,13,15H,9-12,17H2,1-3H3. The van der Waals surface area contributed by atoms with Crippen LogP contribution in [0.2, 0.25) is 0 Å². The number of amides is 1. The lowest BCUT2D eigenvalue weighted by molar-refractivity contribution is -0.133. The minimum absolute atomic E-state index is 0.0865. The van der Waals surface area contributed by atoms with Crippen molar-refractivity contribution in [1.82, 2.24) is 4.90 Å². The predicted octanol–water partition coefficient (Wildman–Crippen LogP) is 2.35. The average Bonchev–Trinajstić information content (AvgIpc) is 2.45. The summed E-state index contributed by atoms with van der Waals surface area (Å²) in [6.07, 6.45) is 1.14. The van der Waals surface area contributed by atoms with Crippen molar-refractivity contribution in [2.24, 2.45) is 5.73 Å². The smallest absolute Gasteiger partial charge is 0.222 e. The van der Waals surface area contributed by atoms with Gasteiger partial charge in [0.15, 0.2) is 0 Å². The number of benzene rings is 1. The maximum atomic E-state index is 12.2. The van der Waals surface area contributed by atoms with Gasteiger partial charge < -0.3 is 15.4 Å². The fourth-order valence-corrected chi connectivity index (χ4v) is 2.15. The lowest BCUT2D eigenvalue weighted by Crippen LogP contribution is -2.39. The SMILES string of the molecule is COCCN(C(=O)CCC(N)c1ccccc1)C(C)C. The minimum Gasteiger partial charge on any atom is -0.383 e. The average molecular weight is 278 g/mol. The van der Waals surface area contributed by atoms with Crippen molar-refractivity contribution in [3.05, 3.63) is 35.9 Å². The molecule has 0 aliphatic rings. The molecule has 1 rings (SSSR count). The molecule has 1 aromatic carbocycles. The van der Waals surface area contributed by atoms with Crippen LogP contribution in [0.3, 0.4) is 0 Å². The number of methoxy groups -OCH3 is 1. The molecular formula is C16H26N2O2. The van der Waals surface area contributed by atoms with Gasteiger partial charge in [-0.05, 0) is 25.8 Å². The van der Waals surface area contributed by atoms with Crippen molar-refractivity contribution in [3.8, 4) is 0 Å². The molecule has 0 aliphatic heterocycles. The number of nitrogens with zero attached hydrogens (tertiary/aromatic N) is 1. The van der Waals surface area contributed by atoms with Gasteiger partial charge in [0.05, 0.1) is 6.61 Å². The maximum Gasteiger partial charge on any atom is 0.222 e. The summed E-state index contributed by atoms with van der Waals surface area (Å²) in [7, 11) is 1.65. The fraction of sp³-hybridized carbons (Fsp3) is 0.562. The predicted molar refractivity (Wildman–Crippen MR) is 81.3 cm³/mol. The molecule has 4 nitrogen and oxygen atoms in total. The Morgan fingerprint density at radius 2 is 1.95 bits per heavy atom. The summed E-state index contributed by atoms with van der Waals surface area (Å²) < 4.78 is 5.05. The molecule has 112 valence electrons. The highest BCUT2D eigenvalue weighted by molar-refractivity contribution is 5.76. The van der Waals surface area contributed by atoms with Gasteiger partial charge in [-0.25, -0.2) is 0 Å². The van der Waals surface area contributed by atoms with E-state index in [1.54, 1.807) is 7.11 Å². The number of hydrogen-bond donors (Lipinski definition) is 1. The molecule has 0 aromatic heterocycles. The molecule has 0 bridgehead atoms. The number of nitrogens with two attached hydrogens (primary N) is 1. The molecule has 0 aliphatic carbocycles. The summed E-state index contributed by atoms with van der Waals surface area (Å²) in [5, 5.41) is 0. The van der Waals surface area contributed by atoms with Gasteiger partial charge in [-0.3, -0.25) is 4.79 Å². The van der Waals surface area contributed by atoms with Gasteiger partial charge in [-0.1, -0.05) is 30.3 Å². The normalized spacial score (nSPS) is 12.4. The van der Waals surface area contributed by atoms with Gasteiger partial charge >= 0.3 is 0 Å². The number of rotatable bonds is 8. The van der Waals surface area contributed by atoms with E-state index in [0.29, 0.717) is 26.0 Å². The van der Waals surface area contributed by atoms with Gasteiger partial charge in [0.1, 0.15) is 0 Å². The van der Waals surface area contributed by atoms with Gasteiger partial charge in [0, 0.05) is 32.2 Å². The van der Waals surface area contributed by atoms with E-state index in [0.717, 1.165) is 5.56 Å². The Morgan fingerprint density at radius 1 is 1.30 bits per heavy atom. The first-order valence-electron chi connectivity index (χ1n) is 7.15. The van der Waals surface area contributed by atoms with Crippen LogP contribution in [-0.4, -0.2) is 37.1 Å².